The van der Waals surface area contributed by atoms with Crippen LogP contribution in [0, 0.1) is 17.2 Å². The molecule has 0 spiro atoms. The monoisotopic (exact) mass is 545 g/mol. The van der Waals surface area contributed by atoms with E-state index in [1.807, 2.05) is 0 Å². The Morgan fingerprint density at radius 2 is 1.97 bits per heavy atom. The second-order valence-corrected chi connectivity index (χ2v) is 9.89. The smallest absolute Gasteiger partial charge is 0.437 e. The summed E-state index contributed by atoms with van der Waals surface area (Å²) in [6.45, 7) is 4.26. The molecule has 2 aliphatic rings. The predicted octanol–water partition coefficient (Wildman–Crippen LogP) is 2.65. The largest absolute Gasteiger partial charge is 0.762 e. The lowest BCUT2D eigenvalue weighted by molar-refractivity contribution is -0.888. The number of carbonyl (C=O) groups is 1. The summed E-state index contributed by atoms with van der Waals surface area (Å²) < 4.78 is 46.9. The van der Waals surface area contributed by atoms with Crippen molar-refractivity contribution in [1.29, 1.82) is 5.26 Å². The lowest BCUT2D eigenvalue weighted by Crippen LogP contribution is -3.11. The molecule has 1 aromatic carbocycles. The number of nitrogens with one attached hydrogen (secondary N) is 2. The van der Waals surface area contributed by atoms with Crippen LogP contribution in [-0.2, 0) is 17.4 Å². The molecule has 0 aliphatic carbocycles. The lowest BCUT2D eigenvalue weighted by Gasteiger charge is -2.48. The number of Topliss-reactive ketones (excluding diaryl/α,β-unsaturated/α-hetero) is 1. The summed E-state index contributed by atoms with van der Waals surface area (Å²) in [6, 6.07) is 10.5. The van der Waals surface area contributed by atoms with E-state index in [1.165, 1.54) is 48.8 Å². The topological polar surface area (TPSA) is 86.8 Å². The molecule has 1 fully saturated rings. The first-order chi connectivity index (χ1) is 16.5. The van der Waals surface area contributed by atoms with Crippen LogP contribution in [0.1, 0.15) is 21.2 Å². The number of allylic oxidation sites excluding steroid dienone is 1. The molecule has 12 heteroatoms. The van der Waals surface area contributed by atoms with Gasteiger partial charge in [0.1, 0.15) is 13.1 Å². The summed E-state index contributed by atoms with van der Waals surface area (Å²) in [5, 5.41) is 23.0. The average molecular weight is 546 g/mol. The van der Waals surface area contributed by atoms with Crippen molar-refractivity contribution in [3.05, 3.63) is 67.8 Å². The number of rotatable bonds is 3. The zero-order chi connectivity index (χ0) is 25.8. The van der Waals surface area contributed by atoms with Crippen LogP contribution in [0.15, 0.2) is 52.4 Å². The van der Waals surface area contributed by atoms with Gasteiger partial charge in [0.05, 0.1) is 37.1 Å². The summed E-state index contributed by atoms with van der Waals surface area (Å²) in [4.78, 5) is 14.7. The van der Waals surface area contributed by atoms with Gasteiger partial charge in [0.2, 0.25) is 5.72 Å². The number of alkyl halides is 3. The fourth-order valence-corrected chi connectivity index (χ4v) is 5.22. The highest BCUT2D eigenvalue weighted by molar-refractivity contribution is 7.63. The highest BCUT2D eigenvalue weighted by atomic mass is 35.5. The Balaban J connectivity index is 0.000000420. The van der Waals surface area contributed by atoms with E-state index in [1.54, 1.807) is 22.4 Å². The van der Waals surface area contributed by atoms with Crippen molar-refractivity contribution in [1.82, 2.24) is 5.32 Å². The van der Waals surface area contributed by atoms with Gasteiger partial charge in [0, 0.05) is 16.5 Å². The van der Waals surface area contributed by atoms with Crippen molar-refractivity contribution in [2.45, 2.75) is 17.8 Å². The Kier molecular flexibility index (Phi) is 8.80. The maximum Gasteiger partial charge on any atom is 0.437 e. The minimum atomic E-state index is -5.25. The van der Waals surface area contributed by atoms with Crippen LogP contribution < -0.4 is 10.2 Å². The highest BCUT2D eigenvalue weighted by Gasteiger charge is 2.65. The molecule has 0 radical (unpaired) electrons. The van der Waals surface area contributed by atoms with Gasteiger partial charge < -0.3 is 32.7 Å². The molecule has 188 valence electrons. The molecule has 35 heavy (non-hydrogen) atoms. The lowest BCUT2D eigenvalue weighted by atomic mass is 9.70. The maximum atomic E-state index is 13.9. The number of ether oxygens (including phenoxy) is 1. The van der Waals surface area contributed by atoms with Crippen molar-refractivity contribution in [2.24, 2.45) is 5.92 Å². The first kappa shape index (κ1) is 27.4. The molecule has 2 aliphatic heterocycles. The van der Waals surface area contributed by atoms with E-state index in [9.17, 15) is 28.3 Å². The number of quaternary nitrogens is 1. The van der Waals surface area contributed by atoms with Crippen LogP contribution in [0.4, 0.5) is 13.2 Å². The number of morpholine rings is 1. The summed E-state index contributed by atoms with van der Waals surface area (Å²) in [5.74, 6) is -4.55. The van der Waals surface area contributed by atoms with Gasteiger partial charge in [0.15, 0.2) is 5.78 Å². The molecule has 1 saturated heterocycles. The number of benzene rings is 1. The van der Waals surface area contributed by atoms with E-state index in [0.717, 1.165) is 24.6 Å². The van der Waals surface area contributed by atoms with E-state index in [0.29, 0.717) is 0 Å². The zero-order valence-corrected chi connectivity index (χ0v) is 21.0. The summed E-state index contributed by atoms with van der Waals surface area (Å²) in [7, 11) is 2.20. The number of aliphatic hydroxyl groups is 1. The number of nitriles is 1. The van der Waals surface area contributed by atoms with Crippen LogP contribution in [0.5, 0.6) is 0 Å². The standard InChI is InChI=1S/C18H12ClF3N2O2S2.C5H11NO/c19-11-5-2-1-4-9(11)13-10(8-23)16(27)24-17(26,18(20,21)22)14(13)15(25)12-6-3-7-28-12;1-6-2-4-7-5-3-6/h1-7,13-14,24,26-27H;2-5H2,1H3/t13-,14-,17-;/m0./s1. The molecule has 3 atom stereocenters. The second-order valence-electron chi connectivity index (χ2n) is 8.13. The SMILES string of the molecule is C[NH+]1CCOCC1.N#CC1=C([S-])N[C@@](O)(C(F)(F)F)[C@H](C(=O)c2cccs2)[C@H]1c1ccccc1Cl. The third-order valence-electron chi connectivity index (χ3n) is 5.83. The molecular formula is C23H23ClF3N3O3S2. The van der Waals surface area contributed by atoms with Crippen LogP contribution in [0.25, 0.3) is 0 Å². The highest BCUT2D eigenvalue weighted by Crippen LogP contribution is 2.50. The molecule has 4 rings (SSSR count). The Morgan fingerprint density at radius 3 is 2.46 bits per heavy atom. The van der Waals surface area contributed by atoms with Gasteiger partial charge in [-0.25, -0.2) is 0 Å². The quantitative estimate of drug-likeness (QED) is 0.406. The van der Waals surface area contributed by atoms with Crippen LogP contribution >= 0.6 is 22.9 Å². The number of ketones is 1. The van der Waals surface area contributed by atoms with Gasteiger partial charge in [-0.15, -0.1) is 11.3 Å². The van der Waals surface area contributed by atoms with Gasteiger partial charge in [0.25, 0.3) is 0 Å². The molecule has 3 N–H and O–H groups in total. The number of thiophene rings is 1. The Bertz CT molecular complexity index is 1120. The van der Waals surface area contributed by atoms with Gasteiger partial charge >= 0.3 is 6.18 Å². The fourth-order valence-electron chi connectivity index (χ4n) is 3.93. The molecular weight excluding hydrogens is 523 g/mol. The van der Waals surface area contributed by atoms with Gasteiger partial charge in [-0.3, -0.25) is 4.79 Å². The van der Waals surface area contributed by atoms with Crippen molar-refractivity contribution >= 4 is 41.3 Å². The zero-order valence-electron chi connectivity index (χ0n) is 18.6. The number of likely N-dealkylation sites (N-methyl/N-ethyl adjacent to an activating group) is 1. The first-order valence-electron chi connectivity index (χ1n) is 10.6. The predicted molar refractivity (Wildman–Crippen MR) is 128 cm³/mol. The first-order valence-corrected chi connectivity index (χ1v) is 12.3. The van der Waals surface area contributed by atoms with E-state index in [2.05, 4.69) is 7.05 Å². The molecule has 1 aromatic heterocycles. The van der Waals surface area contributed by atoms with Crippen LogP contribution in [-0.4, -0.2) is 56.1 Å². The van der Waals surface area contributed by atoms with Gasteiger partial charge in [-0.2, -0.15) is 18.4 Å². The van der Waals surface area contributed by atoms with Crippen molar-refractivity contribution in [3.8, 4) is 6.07 Å². The Labute approximate surface area is 215 Å². The maximum absolute atomic E-state index is 13.9. The number of hydrogen-bond acceptors (Lipinski definition) is 7. The molecule has 0 amide bonds. The number of nitrogens with zero attached hydrogens (tertiary/aromatic N) is 1. The number of halogens is 4. The second kappa shape index (κ2) is 11.2. The normalized spacial score (nSPS) is 25.2. The van der Waals surface area contributed by atoms with Crippen LogP contribution in [0.2, 0.25) is 5.02 Å². The minimum absolute atomic E-state index is 0.0108. The molecule has 0 saturated carbocycles. The fraction of sp³-hybridized carbons (Fsp3) is 0.391. The van der Waals surface area contributed by atoms with Crippen LogP contribution in [0.3, 0.4) is 0 Å². The third-order valence-corrected chi connectivity index (χ3v) is 7.38. The van der Waals surface area contributed by atoms with E-state index >= 15 is 0 Å². The molecule has 0 bridgehead atoms. The van der Waals surface area contributed by atoms with Gasteiger partial charge in [-0.1, -0.05) is 40.9 Å². The summed E-state index contributed by atoms with van der Waals surface area (Å²) in [6.07, 6.45) is -5.25. The summed E-state index contributed by atoms with van der Waals surface area (Å²) >= 11 is 12.0. The van der Waals surface area contributed by atoms with E-state index < -0.39 is 34.5 Å². The molecule has 6 nitrogen and oxygen atoms in total. The minimum Gasteiger partial charge on any atom is -0.762 e. The molecule has 3 heterocycles. The van der Waals surface area contributed by atoms with E-state index in [-0.39, 0.29) is 21.0 Å². The number of carbonyl (C=O) groups excluding carboxylic acids is 1. The van der Waals surface area contributed by atoms with Gasteiger partial charge in [-0.05, 0) is 23.1 Å². The van der Waals surface area contributed by atoms with Crippen molar-refractivity contribution in [3.63, 3.8) is 0 Å². The van der Waals surface area contributed by atoms with Crippen molar-refractivity contribution in [2.75, 3.05) is 33.4 Å². The van der Waals surface area contributed by atoms with Crippen molar-refractivity contribution < 1.29 is 32.7 Å². The molecule has 0 unspecified atom stereocenters. The average Bonchev–Trinajstić information content (AvgIpc) is 3.34. The number of hydrogen-bond donors (Lipinski definition) is 3. The van der Waals surface area contributed by atoms with E-state index in [4.69, 9.17) is 29.0 Å². The molecule has 2 aromatic rings. The Hall–Kier alpha value is -2.20. The summed E-state index contributed by atoms with van der Waals surface area (Å²) in [5.41, 5.74) is -3.84. The Morgan fingerprint density at radius 1 is 1.31 bits per heavy atom. The third kappa shape index (κ3) is 5.80.